The molecule has 0 aromatic heterocycles. The summed E-state index contributed by atoms with van der Waals surface area (Å²) in [5.74, 6) is -1.83. The third kappa shape index (κ3) is 5.76. The summed E-state index contributed by atoms with van der Waals surface area (Å²) < 4.78 is 0. The summed E-state index contributed by atoms with van der Waals surface area (Å²) in [6.07, 6.45) is -2.66. The van der Waals surface area contributed by atoms with E-state index in [0.717, 1.165) is 23.1 Å². The van der Waals surface area contributed by atoms with E-state index in [1.807, 2.05) is 0 Å². The third-order valence-corrected chi connectivity index (χ3v) is 3.23. The van der Waals surface area contributed by atoms with Gasteiger partial charge in [-0.25, -0.2) is 0 Å². The number of hydrogen-bond donors (Lipinski definition) is 5. The van der Waals surface area contributed by atoms with Crippen molar-refractivity contribution in [2.45, 2.75) is 12.2 Å². The molecule has 25 heavy (non-hydrogen) atoms. The van der Waals surface area contributed by atoms with E-state index in [1.165, 1.54) is 0 Å². The quantitative estimate of drug-likeness (QED) is 0.244. The summed E-state index contributed by atoms with van der Waals surface area (Å²) in [6, 6.07) is 2.87. The number of aliphatic hydroxyl groups is 4. The fraction of sp³-hybridized carbons (Fsp3) is 0.429. The minimum atomic E-state index is -1.33. The highest BCUT2D eigenvalue weighted by molar-refractivity contribution is 6.00. The van der Waals surface area contributed by atoms with E-state index in [0.29, 0.717) is 0 Å². The van der Waals surface area contributed by atoms with E-state index < -0.39 is 60.9 Å². The third-order valence-electron chi connectivity index (χ3n) is 3.23. The second kappa shape index (κ2) is 9.03. The summed E-state index contributed by atoms with van der Waals surface area (Å²) in [5.41, 5.74) is 4.04. The molecule has 1 aromatic carbocycles. The molecule has 0 radical (unpaired) electrons. The molecule has 0 aliphatic carbocycles. The van der Waals surface area contributed by atoms with Crippen LogP contribution in [0.25, 0.3) is 0 Å². The number of hydrogen-bond acceptors (Lipinski definition) is 8. The highest BCUT2D eigenvalue weighted by Crippen LogP contribution is 2.19. The van der Waals surface area contributed by atoms with Gasteiger partial charge in [0.1, 0.15) is 0 Å². The van der Waals surface area contributed by atoms with Crippen LogP contribution in [0, 0.1) is 10.1 Å². The van der Waals surface area contributed by atoms with Crippen LogP contribution in [-0.4, -0.2) is 80.6 Å². The first-order valence-electron chi connectivity index (χ1n) is 7.16. The number of nitrogens with two attached hydrogens (primary N) is 1. The van der Waals surface area contributed by atoms with Crippen molar-refractivity contribution < 1.29 is 34.9 Å². The highest BCUT2D eigenvalue weighted by Gasteiger charge is 2.24. The van der Waals surface area contributed by atoms with Crippen LogP contribution in [0.3, 0.4) is 0 Å². The van der Waals surface area contributed by atoms with Gasteiger partial charge in [0.15, 0.2) is 0 Å². The monoisotopic (exact) mass is 357 g/mol. The fourth-order valence-corrected chi connectivity index (χ4v) is 2.03. The molecule has 6 N–H and O–H groups in total. The summed E-state index contributed by atoms with van der Waals surface area (Å²) in [6.45, 7) is -2.14. The zero-order valence-electron chi connectivity index (χ0n) is 13.1. The topological polar surface area (TPSA) is 187 Å². The van der Waals surface area contributed by atoms with Gasteiger partial charge in [-0.05, 0) is 6.07 Å². The summed E-state index contributed by atoms with van der Waals surface area (Å²) in [7, 11) is 0. The Morgan fingerprint density at radius 1 is 1.08 bits per heavy atom. The lowest BCUT2D eigenvalue weighted by molar-refractivity contribution is -0.384. The number of amides is 2. The average Bonchev–Trinajstić information content (AvgIpc) is 2.59. The van der Waals surface area contributed by atoms with Gasteiger partial charge in [0.25, 0.3) is 11.6 Å². The van der Waals surface area contributed by atoms with Gasteiger partial charge in [-0.2, -0.15) is 0 Å². The van der Waals surface area contributed by atoms with Crippen molar-refractivity contribution in [3.63, 3.8) is 0 Å². The van der Waals surface area contributed by atoms with E-state index in [4.69, 9.17) is 15.9 Å². The fourth-order valence-electron chi connectivity index (χ4n) is 2.03. The maximum Gasteiger partial charge on any atom is 0.271 e. The standard InChI is InChI=1S/C14H19N3O8/c15-13(22)8-1-9(3-10(2-8)17(24)25)14(23)16(4-11(20)6-18)5-12(21)7-19/h1-3,11-12,18-21H,4-7H2,(H2,15,22). The Hall–Kier alpha value is -2.60. The predicted octanol–water partition coefficient (Wildman–Crippen LogP) is -2.16. The lowest BCUT2D eigenvalue weighted by Crippen LogP contribution is -2.44. The summed E-state index contributed by atoms with van der Waals surface area (Å²) in [4.78, 5) is 34.9. The number of primary amides is 1. The number of non-ortho nitro benzene ring substituents is 1. The minimum absolute atomic E-state index is 0.261. The Bertz CT molecular complexity index is 607. The molecule has 0 aliphatic rings. The number of nitro groups is 1. The molecule has 11 heteroatoms. The Balaban J connectivity index is 3.25. The first kappa shape index (κ1) is 20.4. The van der Waals surface area contributed by atoms with Crippen LogP contribution >= 0.6 is 0 Å². The number of carbonyl (C=O) groups excluding carboxylic acids is 2. The van der Waals surface area contributed by atoms with E-state index in [-0.39, 0.29) is 11.1 Å². The van der Waals surface area contributed by atoms with Gasteiger partial charge in [0, 0.05) is 36.3 Å². The van der Waals surface area contributed by atoms with Crippen LogP contribution in [0.15, 0.2) is 18.2 Å². The van der Waals surface area contributed by atoms with Crippen molar-refractivity contribution in [2.24, 2.45) is 5.73 Å². The van der Waals surface area contributed by atoms with Crippen LogP contribution in [0.5, 0.6) is 0 Å². The van der Waals surface area contributed by atoms with Gasteiger partial charge in [-0.3, -0.25) is 19.7 Å². The minimum Gasteiger partial charge on any atom is -0.394 e. The normalized spacial score (nSPS) is 13.1. The number of nitrogens with zero attached hydrogens (tertiary/aromatic N) is 2. The van der Waals surface area contributed by atoms with Crippen molar-refractivity contribution in [3.05, 3.63) is 39.4 Å². The van der Waals surface area contributed by atoms with E-state index >= 15 is 0 Å². The van der Waals surface area contributed by atoms with Crippen LogP contribution in [0.2, 0.25) is 0 Å². The zero-order valence-corrected chi connectivity index (χ0v) is 13.1. The molecule has 2 amide bonds. The van der Waals surface area contributed by atoms with Crippen LogP contribution in [0.4, 0.5) is 5.69 Å². The molecule has 0 saturated heterocycles. The molecule has 0 fully saturated rings. The molecule has 2 atom stereocenters. The van der Waals surface area contributed by atoms with Crippen molar-refractivity contribution in [1.82, 2.24) is 4.90 Å². The first-order chi connectivity index (χ1) is 11.7. The van der Waals surface area contributed by atoms with Gasteiger partial charge >= 0.3 is 0 Å². The van der Waals surface area contributed by atoms with Crippen molar-refractivity contribution in [3.8, 4) is 0 Å². The molecule has 0 heterocycles. The van der Waals surface area contributed by atoms with Gasteiger partial charge < -0.3 is 31.1 Å². The molecule has 0 bridgehead atoms. The van der Waals surface area contributed by atoms with Gasteiger partial charge in [0.05, 0.1) is 30.3 Å². The smallest absolute Gasteiger partial charge is 0.271 e. The number of benzene rings is 1. The largest absolute Gasteiger partial charge is 0.394 e. The molecule has 0 spiro atoms. The number of nitro benzene ring substituents is 1. The Morgan fingerprint density at radius 2 is 1.56 bits per heavy atom. The Kier molecular flexibility index (Phi) is 7.39. The van der Waals surface area contributed by atoms with Crippen molar-refractivity contribution in [2.75, 3.05) is 26.3 Å². The zero-order chi connectivity index (χ0) is 19.1. The molecular weight excluding hydrogens is 338 g/mol. The van der Waals surface area contributed by atoms with Crippen LogP contribution in [-0.2, 0) is 0 Å². The summed E-state index contributed by atoms with van der Waals surface area (Å²) in [5, 5.41) is 47.8. The number of aliphatic hydroxyl groups excluding tert-OH is 4. The van der Waals surface area contributed by atoms with E-state index in [2.05, 4.69) is 0 Å². The van der Waals surface area contributed by atoms with Gasteiger partial charge in [-0.1, -0.05) is 0 Å². The van der Waals surface area contributed by atoms with Gasteiger partial charge in [0.2, 0.25) is 5.91 Å². The Labute approximate surface area is 142 Å². The molecular formula is C14H19N3O8. The van der Waals surface area contributed by atoms with Gasteiger partial charge in [-0.15, -0.1) is 0 Å². The second-order valence-corrected chi connectivity index (χ2v) is 5.27. The average molecular weight is 357 g/mol. The van der Waals surface area contributed by atoms with Crippen molar-refractivity contribution in [1.29, 1.82) is 0 Å². The van der Waals surface area contributed by atoms with Crippen LogP contribution in [0.1, 0.15) is 20.7 Å². The molecule has 1 aromatic rings. The molecule has 11 nitrogen and oxygen atoms in total. The van der Waals surface area contributed by atoms with E-state index in [9.17, 15) is 29.9 Å². The second-order valence-electron chi connectivity index (χ2n) is 5.27. The molecule has 138 valence electrons. The molecule has 0 saturated carbocycles. The molecule has 1 rings (SSSR count). The lowest BCUT2D eigenvalue weighted by atomic mass is 10.1. The number of carbonyl (C=O) groups is 2. The Morgan fingerprint density at radius 3 is 1.96 bits per heavy atom. The van der Waals surface area contributed by atoms with E-state index in [1.54, 1.807) is 0 Å². The van der Waals surface area contributed by atoms with Crippen LogP contribution < -0.4 is 5.73 Å². The maximum absolute atomic E-state index is 12.6. The highest BCUT2D eigenvalue weighted by atomic mass is 16.6. The number of rotatable bonds is 9. The predicted molar refractivity (Wildman–Crippen MR) is 83.7 cm³/mol. The lowest BCUT2D eigenvalue weighted by Gasteiger charge is -2.26. The first-order valence-corrected chi connectivity index (χ1v) is 7.16. The summed E-state index contributed by atoms with van der Waals surface area (Å²) >= 11 is 0. The molecule has 2 unspecified atom stereocenters. The molecule has 0 aliphatic heterocycles. The maximum atomic E-state index is 12.6. The SMILES string of the molecule is NC(=O)c1cc(C(=O)N(CC(O)CO)CC(O)CO)cc([N+](=O)[O-])c1. The van der Waals surface area contributed by atoms with Crippen molar-refractivity contribution >= 4 is 17.5 Å².